The zero-order valence-corrected chi connectivity index (χ0v) is 10.0. The number of phenols is 3. The van der Waals surface area contributed by atoms with Gasteiger partial charge in [0, 0.05) is 0 Å². The summed E-state index contributed by atoms with van der Waals surface area (Å²) in [5.41, 5.74) is 0.898. The minimum Gasteiger partial charge on any atom is -0.507 e. The van der Waals surface area contributed by atoms with Crippen molar-refractivity contribution in [2.24, 2.45) is 0 Å². The molecule has 0 heterocycles. The van der Waals surface area contributed by atoms with Gasteiger partial charge < -0.3 is 15.3 Å². The maximum atomic E-state index is 9.89. The maximum Gasteiger partial charge on any atom is 0.169 e. The summed E-state index contributed by atoms with van der Waals surface area (Å²) in [5.74, 6) is -0.623. The van der Waals surface area contributed by atoms with Gasteiger partial charge in [0.1, 0.15) is 5.75 Å². The molecule has 0 aliphatic carbocycles. The van der Waals surface area contributed by atoms with Crippen LogP contribution >= 0.6 is 0 Å². The fourth-order valence-corrected chi connectivity index (χ4v) is 2.20. The first-order valence-corrected chi connectivity index (χ1v) is 5.90. The predicted octanol–water partition coefficient (Wildman–Crippen LogP) is 3.62. The Morgan fingerprint density at radius 1 is 0.632 bits per heavy atom. The van der Waals surface area contributed by atoms with Gasteiger partial charge in [-0.2, -0.15) is 0 Å². The van der Waals surface area contributed by atoms with Gasteiger partial charge in [-0.15, -0.1) is 0 Å². The van der Waals surface area contributed by atoms with Gasteiger partial charge in [0.2, 0.25) is 0 Å². The Morgan fingerprint density at radius 2 is 1.32 bits per heavy atom. The van der Waals surface area contributed by atoms with E-state index in [9.17, 15) is 15.3 Å². The van der Waals surface area contributed by atoms with Crippen LogP contribution in [0.5, 0.6) is 17.2 Å². The molecular formula is C16H12O3. The van der Waals surface area contributed by atoms with Crippen LogP contribution in [0.4, 0.5) is 0 Å². The van der Waals surface area contributed by atoms with Gasteiger partial charge in [0.05, 0.1) is 5.56 Å². The first-order chi connectivity index (χ1) is 9.16. The molecule has 94 valence electrons. The van der Waals surface area contributed by atoms with E-state index in [-0.39, 0.29) is 22.8 Å². The lowest BCUT2D eigenvalue weighted by molar-refractivity contribution is 0.399. The van der Waals surface area contributed by atoms with Crippen molar-refractivity contribution in [1.82, 2.24) is 0 Å². The second-order valence-electron chi connectivity index (χ2n) is 4.39. The largest absolute Gasteiger partial charge is 0.507 e. The molecule has 3 aromatic carbocycles. The molecule has 0 radical (unpaired) electrons. The monoisotopic (exact) mass is 252 g/mol. The number of rotatable bonds is 1. The van der Waals surface area contributed by atoms with Crippen molar-refractivity contribution in [3.63, 3.8) is 0 Å². The van der Waals surface area contributed by atoms with E-state index in [0.29, 0.717) is 5.56 Å². The highest BCUT2D eigenvalue weighted by Gasteiger charge is 2.14. The van der Waals surface area contributed by atoms with Crippen molar-refractivity contribution in [2.75, 3.05) is 0 Å². The first-order valence-electron chi connectivity index (χ1n) is 5.90. The molecule has 0 atom stereocenters. The van der Waals surface area contributed by atoms with Crippen LogP contribution in [0, 0.1) is 0 Å². The van der Waals surface area contributed by atoms with Gasteiger partial charge in [-0.3, -0.25) is 0 Å². The highest BCUT2D eigenvalue weighted by molar-refractivity contribution is 5.90. The molecule has 19 heavy (non-hydrogen) atoms. The lowest BCUT2D eigenvalue weighted by Crippen LogP contribution is -1.82. The molecule has 0 aliphatic rings. The Balaban J connectivity index is 2.27. The fraction of sp³-hybridized carbons (Fsp3) is 0. The van der Waals surface area contributed by atoms with E-state index in [2.05, 4.69) is 0 Å². The summed E-state index contributed by atoms with van der Waals surface area (Å²) < 4.78 is 0. The summed E-state index contributed by atoms with van der Waals surface area (Å²) in [7, 11) is 0. The Hall–Kier alpha value is -2.68. The molecule has 0 fully saturated rings. The van der Waals surface area contributed by atoms with Crippen molar-refractivity contribution in [1.29, 1.82) is 0 Å². The molecule has 3 rings (SSSR count). The number of benzene rings is 3. The Bertz CT molecular complexity index is 763. The molecule has 3 N–H and O–H groups in total. The standard InChI is InChI=1S/C16H12O3/c17-13-7-8-14(18)16(19)15(13)12-6-5-10-3-1-2-4-11(10)9-12/h1-9,17-19H. The van der Waals surface area contributed by atoms with E-state index in [1.54, 1.807) is 6.07 Å². The van der Waals surface area contributed by atoms with Crippen LogP contribution in [0.15, 0.2) is 54.6 Å². The average molecular weight is 252 g/mol. The quantitative estimate of drug-likeness (QED) is 0.458. The van der Waals surface area contributed by atoms with E-state index < -0.39 is 0 Å². The minimum absolute atomic E-state index is 0.0643. The van der Waals surface area contributed by atoms with E-state index in [1.807, 2.05) is 36.4 Å². The Labute approximate surface area is 110 Å². The maximum absolute atomic E-state index is 9.89. The van der Waals surface area contributed by atoms with E-state index in [1.165, 1.54) is 12.1 Å². The number of hydrogen-bond donors (Lipinski definition) is 3. The van der Waals surface area contributed by atoms with Crippen molar-refractivity contribution >= 4 is 10.8 Å². The van der Waals surface area contributed by atoms with Gasteiger partial charge in [-0.25, -0.2) is 0 Å². The zero-order chi connectivity index (χ0) is 13.4. The lowest BCUT2D eigenvalue weighted by atomic mass is 9.99. The Kier molecular flexibility index (Phi) is 2.53. The van der Waals surface area contributed by atoms with Gasteiger partial charge in [0.15, 0.2) is 11.5 Å². The van der Waals surface area contributed by atoms with Crippen LogP contribution in [-0.2, 0) is 0 Å². The summed E-state index contributed by atoms with van der Waals surface area (Å²) in [6, 6.07) is 16.0. The highest BCUT2D eigenvalue weighted by Crippen LogP contribution is 2.43. The van der Waals surface area contributed by atoms with E-state index in [4.69, 9.17) is 0 Å². The number of hydrogen-bond acceptors (Lipinski definition) is 3. The third-order valence-electron chi connectivity index (χ3n) is 3.17. The highest BCUT2D eigenvalue weighted by atomic mass is 16.3. The van der Waals surface area contributed by atoms with Gasteiger partial charge in [0.25, 0.3) is 0 Å². The molecular weight excluding hydrogens is 240 g/mol. The summed E-state index contributed by atoms with van der Waals surface area (Å²) in [4.78, 5) is 0. The van der Waals surface area contributed by atoms with Crippen molar-refractivity contribution in [2.45, 2.75) is 0 Å². The summed E-state index contributed by atoms with van der Waals surface area (Å²) in [5, 5.41) is 31.4. The molecule has 3 aromatic rings. The molecule has 3 nitrogen and oxygen atoms in total. The molecule has 0 saturated carbocycles. The molecule has 0 aromatic heterocycles. The average Bonchev–Trinajstić information content (AvgIpc) is 2.43. The van der Waals surface area contributed by atoms with Crippen LogP contribution in [0.3, 0.4) is 0 Å². The van der Waals surface area contributed by atoms with Gasteiger partial charge in [-0.1, -0.05) is 36.4 Å². The molecule has 0 amide bonds. The fourth-order valence-electron chi connectivity index (χ4n) is 2.20. The van der Waals surface area contributed by atoms with Crippen molar-refractivity contribution < 1.29 is 15.3 Å². The predicted molar refractivity (Wildman–Crippen MR) is 74.4 cm³/mol. The number of fused-ring (bicyclic) bond motifs is 1. The third kappa shape index (κ3) is 1.85. The minimum atomic E-state index is -0.310. The zero-order valence-electron chi connectivity index (χ0n) is 10.0. The smallest absolute Gasteiger partial charge is 0.169 e. The molecule has 0 spiro atoms. The van der Waals surface area contributed by atoms with Crippen LogP contribution in [0.2, 0.25) is 0 Å². The van der Waals surface area contributed by atoms with Crippen LogP contribution < -0.4 is 0 Å². The molecule has 0 saturated heterocycles. The molecule has 0 unspecified atom stereocenters. The molecule has 0 aliphatic heterocycles. The molecule has 0 bridgehead atoms. The SMILES string of the molecule is Oc1ccc(O)c(-c2ccc3ccccc3c2)c1O. The Morgan fingerprint density at radius 3 is 2.11 bits per heavy atom. The topological polar surface area (TPSA) is 60.7 Å². The summed E-state index contributed by atoms with van der Waals surface area (Å²) in [6.45, 7) is 0. The number of phenolic OH excluding ortho intramolecular Hbond substituents is 3. The summed E-state index contributed by atoms with van der Waals surface area (Å²) in [6.07, 6.45) is 0. The van der Waals surface area contributed by atoms with Crippen molar-refractivity contribution in [3.05, 3.63) is 54.6 Å². The van der Waals surface area contributed by atoms with Crippen LogP contribution in [0.1, 0.15) is 0 Å². The molecule has 3 heteroatoms. The van der Waals surface area contributed by atoms with Crippen LogP contribution in [-0.4, -0.2) is 15.3 Å². The van der Waals surface area contributed by atoms with Gasteiger partial charge >= 0.3 is 0 Å². The third-order valence-corrected chi connectivity index (χ3v) is 3.17. The summed E-state index contributed by atoms with van der Waals surface area (Å²) >= 11 is 0. The van der Waals surface area contributed by atoms with E-state index >= 15 is 0 Å². The van der Waals surface area contributed by atoms with Crippen LogP contribution in [0.25, 0.3) is 21.9 Å². The van der Waals surface area contributed by atoms with Gasteiger partial charge in [-0.05, 0) is 34.5 Å². The van der Waals surface area contributed by atoms with Crippen molar-refractivity contribution in [3.8, 4) is 28.4 Å². The number of aromatic hydroxyl groups is 3. The second-order valence-corrected chi connectivity index (χ2v) is 4.39. The van der Waals surface area contributed by atoms with E-state index in [0.717, 1.165) is 10.8 Å². The lowest BCUT2D eigenvalue weighted by Gasteiger charge is -2.09. The second kappa shape index (κ2) is 4.21. The normalized spacial score (nSPS) is 10.7. The first kappa shape index (κ1) is 11.4.